The Morgan fingerprint density at radius 3 is 3.08 bits per heavy atom. The molecular formula is C9H9N3. The summed E-state index contributed by atoms with van der Waals surface area (Å²) >= 11 is 0. The van der Waals surface area contributed by atoms with Crippen LogP contribution in [0.1, 0.15) is 18.9 Å². The van der Waals surface area contributed by atoms with Crippen LogP contribution >= 0.6 is 0 Å². The predicted octanol–water partition coefficient (Wildman–Crippen LogP) is 1.77. The summed E-state index contributed by atoms with van der Waals surface area (Å²) < 4.78 is 2.22. The van der Waals surface area contributed by atoms with E-state index in [9.17, 15) is 0 Å². The van der Waals surface area contributed by atoms with Crippen molar-refractivity contribution in [3.8, 4) is 0 Å². The molecule has 2 heterocycles. The van der Waals surface area contributed by atoms with Crippen LogP contribution in [0.5, 0.6) is 0 Å². The van der Waals surface area contributed by atoms with E-state index >= 15 is 0 Å². The van der Waals surface area contributed by atoms with E-state index in [1.54, 1.807) is 6.20 Å². The molecule has 2 aromatic rings. The molecule has 0 N–H and O–H groups in total. The van der Waals surface area contributed by atoms with Crippen molar-refractivity contribution in [1.82, 2.24) is 14.8 Å². The molecule has 2 aromatic heterocycles. The lowest BCUT2D eigenvalue weighted by Gasteiger charge is -1.98. The molecular weight excluding hydrogens is 150 g/mol. The minimum Gasteiger partial charge on any atom is -0.328 e. The van der Waals surface area contributed by atoms with Crippen LogP contribution in [-0.4, -0.2) is 14.8 Å². The Kier molecular flexibility index (Phi) is 1.06. The Hall–Kier alpha value is -1.38. The molecule has 3 heteroatoms. The van der Waals surface area contributed by atoms with Crippen molar-refractivity contribution in [3.63, 3.8) is 0 Å². The third-order valence-corrected chi connectivity index (χ3v) is 2.33. The third-order valence-electron chi connectivity index (χ3n) is 2.33. The van der Waals surface area contributed by atoms with E-state index in [-0.39, 0.29) is 0 Å². The van der Waals surface area contributed by atoms with Crippen LogP contribution in [0.4, 0.5) is 0 Å². The summed E-state index contributed by atoms with van der Waals surface area (Å²) in [6.45, 7) is 0. The van der Waals surface area contributed by atoms with Gasteiger partial charge in [-0.15, -0.1) is 5.10 Å². The Labute approximate surface area is 70.0 Å². The fourth-order valence-corrected chi connectivity index (χ4v) is 1.54. The number of hydrogen-bond acceptors (Lipinski definition) is 2. The van der Waals surface area contributed by atoms with Crippen molar-refractivity contribution in [2.45, 2.75) is 18.9 Å². The molecule has 0 atom stereocenters. The molecule has 0 saturated heterocycles. The van der Waals surface area contributed by atoms with Gasteiger partial charge in [0.05, 0.1) is 6.20 Å². The number of rotatable bonds is 1. The van der Waals surface area contributed by atoms with E-state index in [0.29, 0.717) is 6.04 Å². The summed E-state index contributed by atoms with van der Waals surface area (Å²) in [5, 5.41) is 9.19. The zero-order chi connectivity index (χ0) is 7.97. The largest absolute Gasteiger partial charge is 0.328 e. The molecule has 0 aliphatic heterocycles. The molecule has 12 heavy (non-hydrogen) atoms. The van der Waals surface area contributed by atoms with E-state index in [2.05, 4.69) is 27.0 Å². The summed E-state index contributed by atoms with van der Waals surface area (Å²) in [5.41, 5.74) is 1.03. The van der Waals surface area contributed by atoms with Gasteiger partial charge in [0.25, 0.3) is 0 Å². The van der Waals surface area contributed by atoms with E-state index in [1.807, 2.05) is 6.07 Å². The Bertz CT molecular complexity index is 414. The van der Waals surface area contributed by atoms with E-state index < -0.39 is 0 Å². The molecule has 0 bridgehead atoms. The normalized spacial score (nSPS) is 17.0. The van der Waals surface area contributed by atoms with E-state index in [1.165, 1.54) is 18.2 Å². The van der Waals surface area contributed by atoms with Gasteiger partial charge < -0.3 is 4.57 Å². The second-order valence-electron chi connectivity index (χ2n) is 3.26. The average molecular weight is 159 g/mol. The SMILES string of the molecule is c1cc2ccn(C3CC3)c2nn1. The van der Waals surface area contributed by atoms with E-state index in [0.717, 1.165) is 5.65 Å². The topological polar surface area (TPSA) is 30.7 Å². The van der Waals surface area contributed by atoms with Gasteiger partial charge in [-0.05, 0) is 25.0 Å². The number of fused-ring (bicyclic) bond motifs is 1. The molecule has 1 aliphatic rings. The highest BCUT2D eigenvalue weighted by Crippen LogP contribution is 2.36. The van der Waals surface area contributed by atoms with Crippen molar-refractivity contribution in [3.05, 3.63) is 24.5 Å². The molecule has 1 saturated carbocycles. The molecule has 3 nitrogen and oxygen atoms in total. The predicted molar refractivity (Wildman–Crippen MR) is 45.8 cm³/mol. The van der Waals surface area contributed by atoms with Gasteiger partial charge >= 0.3 is 0 Å². The van der Waals surface area contributed by atoms with Gasteiger partial charge in [-0.25, -0.2) is 0 Å². The molecule has 0 unspecified atom stereocenters. The first kappa shape index (κ1) is 6.17. The summed E-state index contributed by atoms with van der Waals surface area (Å²) in [7, 11) is 0. The van der Waals surface area contributed by atoms with Crippen LogP contribution in [0.15, 0.2) is 24.5 Å². The lowest BCUT2D eigenvalue weighted by Crippen LogP contribution is -1.93. The molecule has 1 aliphatic carbocycles. The lowest BCUT2D eigenvalue weighted by molar-refractivity contribution is 0.759. The van der Waals surface area contributed by atoms with Gasteiger partial charge in [0, 0.05) is 17.6 Å². The van der Waals surface area contributed by atoms with Gasteiger partial charge in [0.15, 0.2) is 5.65 Å². The summed E-state index contributed by atoms with van der Waals surface area (Å²) in [4.78, 5) is 0. The second-order valence-corrected chi connectivity index (χ2v) is 3.26. The molecule has 0 aromatic carbocycles. The first-order chi connectivity index (χ1) is 5.95. The minimum atomic E-state index is 0.694. The minimum absolute atomic E-state index is 0.694. The Morgan fingerprint density at radius 2 is 2.25 bits per heavy atom. The number of nitrogens with zero attached hydrogens (tertiary/aromatic N) is 3. The van der Waals surface area contributed by atoms with Crippen LogP contribution in [0.2, 0.25) is 0 Å². The lowest BCUT2D eigenvalue weighted by atomic mass is 10.4. The quantitative estimate of drug-likeness (QED) is 0.634. The van der Waals surface area contributed by atoms with Gasteiger partial charge in [0.2, 0.25) is 0 Å². The molecule has 0 amide bonds. The van der Waals surface area contributed by atoms with Crippen molar-refractivity contribution >= 4 is 11.0 Å². The van der Waals surface area contributed by atoms with Crippen LogP contribution in [-0.2, 0) is 0 Å². The molecule has 0 radical (unpaired) electrons. The summed E-state index contributed by atoms with van der Waals surface area (Å²) in [6, 6.07) is 4.79. The molecule has 0 spiro atoms. The van der Waals surface area contributed by atoms with Crippen molar-refractivity contribution < 1.29 is 0 Å². The smallest absolute Gasteiger partial charge is 0.162 e. The van der Waals surface area contributed by atoms with Crippen molar-refractivity contribution in [2.24, 2.45) is 0 Å². The first-order valence-electron chi connectivity index (χ1n) is 4.23. The van der Waals surface area contributed by atoms with Crippen LogP contribution < -0.4 is 0 Å². The van der Waals surface area contributed by atoms with Gasteiger partial charge in [-0.2, -0.15) is 5.10 Å². The van der Waals surface area contributed by atoms with E-state index in [4.69, 9.17) is 0 Å². The van der Waals surface area contributed by atoms with Crippen LogP contribution in [0, 0.1) is 0 Å². The zero-order valence-corrected chi connectivity index (χ0v) is 6.64. The Balaban J connectivity index is 2.30. The maximum atomic E-state index is 4.12. The van der Waals surface area contributed by atoms with Crippen LogP contribution in [0.3, 0.4) is 0 Å². The summed E-state index contributed by atoms with van der Waals surface area (Å²) in [6.07, 6.45) is 6.43. The maximum Gasteiger partial charge on any atom is 0.162 e. The highest BCUT2D eigenvalue weighted by Gasteiger charge is 2.24. The highest BCUT2D eigenvalue weighted by molar-refractivity contribution is 5.75. The van der Waals surface area contributed by atoms with Crippen molar-refractivity contribution in [2.75, 3.05) is 0 Å². The monoisotopic (exact) mass is 159 g/mol. The fourth-order valence-electron chi connectivity index (χ4n) is 1.54. The molecule has 3 rings (SSSR count). The maximum absolute atomic E-state index is 4.12. The highest BCUT2D eigenvalue weighted by atomic mass is 15.2. The average Bonchev–Trinajstić information content (AvgIpc) is 2.86. The van der Waals surface area contributed by atoms with Crippen LogP contribution in [0.25, 0.3) is 11.0 Å². The van der Waals surface area contributed by atoms with Crippen molar-refractivity contribution in [1.29, 1.82) is 0 Å². The molecule has 60 valence electrons. The third kappa shape index (κ3) is 0.763. The zero-order valence-electron chi connectivity index (χ0n) is 6.64. The fraction of sp³-hybridized carbons (Fsp3) is 0.333. The number of aromatic nitrogens is 3. The number of hydrogen-bond donors (Lipinski definition) is 0. The Morgan fingerprint density at radius 1 is 1.33 bits per heavy atom. The van der Waals surface area contributed by atoms with Gasteiger partial charge in [0.1, 0.15) is 0 Å². The standard InChI is InChI=1S/C9H9N3/c1-2-8(1)12-6-4-7-3-5-10-11-9(7)12/h3-6,8H,1-2H2. The van der Waals surface area contributed by atoms with Gasteiger partial charge in [-0.3, -0.25) is 0 Å². The summed E-state index contributed by atoms with van der Waals surface area (Å²) in [5.74, 6) is 0. The molecule has 1 fully saturated rings. The first-order valence-corrected chi connectivity index (χ1v) is 4.23. The van der Waals surface area contributed by atoms with Gasteiger partial charge in [-0.1, -0.05) is 0 Å². The second kappa shape index (κ2) is 2.06.